The van der Waals surface area contributed by atoms with E-state index >= 15 is 0 Å². The monoisotopic (exact) mass is 327 g/mol. The second kappa shape index (κ2) is 7.81. The first-order valence-corrected chi connectivity index (χ1v) is 7.84. The van der Waals surface area contributed by atoms with Crippen LogP contribution in [0.15, 0.2) is 18.2 Å². The lowest BCUT2D eigenvalue weighted by molar-refractivity contribution is -0.150. The van der Waals surface area contributed by atoms with Crippen LogP contribution >= 0.6 is 11.6 Å². The van der Waals surface area contributed by atoms with Crippen molar-refractivity contribution >= 4 is 17.6 Å². The van der Waals surface area contributed by atoms with Gasteiger partial charge in [0.15, 0.2) is 0 Å². The summed E-state index contributed by atoms with van der Waals surface area (Å²) >= 11 is 6.20. The minimum Gasteiger partial charge on any atom is -0.492 e. The number of methoxy groups -OCH3 is 1. The number of piperidine rings is 1. The van der Waals surface area contributed by atoms with Crippen LogP contribution in [-0.2, 0) is 16.1 Å². The quantitative estimate of drug-likeness (QED) is 0.840. The lowest BCUT2D eigenvalue weighted by Gasteiger charge is -2.36. The number of carbonyl (C=O) groups is 1. The Labute approximate surface area is 135 Å². The Balaban J connectivity index is 2.10. The summed E-state index contributed by atoms with van der Waals surface area (Å²) in [6.07, 6.45) is 0.597. The van der Waals surface area contributed by atoms with Gasteiger partial charge in [0.25, 0.3) is 0 Å². The van der Waals surface area contributed by atoms with Crippen LogP contribution in [-0.4, -0.2) is 48.4 Å². The van der Waals surface area contributed by atoms with Crippen molar-refractivity contribution in [3.05, 3.63) is 28.8 Å². The predicted octanol–water partition coefficient (Wildman–Crippen LogP) is 2.24. The molecule has 0 bridgehead atoms. The maximum absolute atomic E-state index is 11.9. The van der Waals surface area contributed by atoms with Gasteiger partial charge in [0.05, 0.1) is 24.8 Å². The normalized spacial score (nSPS) is 22.4. The van der Waals surface area contributed by atoms with Crippen LogP contribution in [0.5, 0.6) is 5.75 Å². The molecular formula is C16H22ClNO4. The number of halogens is 1. The van der Waals surface area contributed by atoms with Gasteiger partial charge in [-0.25, -0.2) is 0 Å². The van der Waals surface area contributed by atoms with Gasteiger partial charge in [0, 0.05) is 13.1 Å². The summed E-state index contributed by atoms with van der Waals surface area (Å²) in [6, 6.07) is 5.22. The number of aliphatic hydroxyl groups is 1. The molecule has 0 aliphatic carbocycles. The molecule has 22 heavy (non-hydrogen) atoms. The summed E-state index contributed by atoms with van der Waals surface area (Å²) in [5.41, 5.74) is 0.999. The highest BCUT2D eigenvalue weighted by molar-refractivity contribution is 6.32. The maximum atomic E-state index is 11.9. The Morgan fingerprint density at radius 3 is 2.91 bits per heavy atom. The summed E-state index contributed by atoms with van der Waals surface area (Å²) in [4.78, 5) is 13.9. The van der Waals surface area contributed by atoms with Crippen LogP contribution in [0.25, 0.3) is 0 Å². The van der Waals surface area contributed by atoms with Crippen molar-refractivity contribution in [2.45, 2.75) is 38.5 Å². The molecule has 0 aromatic heterocycles. The molecule has 0 saturated carbocycles. The largest absolute Gasteiger partial charge is 0.492 e. The Hall–Kier alpha value is -1.30. The van der Waals surface area contributed by atoms with Gasteiger partial charge in [-0.15, -0.1) is 0 Å². The highest BCUT2D eigenvalue weighted by atomic mass is 35.5. The maximum Gasteiger partial charge on any atom is 0.323 e. The Bertz CT molecular complexity index is 523. The van der Waals surface area contributed by atoms with Crippen molar-refractivity contribution in [1.29, 1.82) is 0 Å². The summed E-state index contributed by atoms with van der Waals surface area (Å²) in [6.45, 7) is 3.70. The molecule has 1 aromatic carbocycles. The van der Waals surface area contributed by atoms with Gasteiger partial charge in [0.1, 0.15) is 11.8 Å². The van der Waals surface area contributed by atoms with Crippen LogP contribution in [0, 0.1) is 0 Å². The fourth-order valence-electron chi connectivity index (χ4n) is 2.72. The number of rotatable bonds is 5. The van der Waals surface area contributed by atoms with E-state index in [9.17, 15) is 9.90 Å². The molecule has 1 saturated heterocycles. The van der Waals surface area contributed by atoms with Gasteiger partial charge < -0.3 is 14.6 Å². The van der Waals surface area contributed by atoms with Crippen LogP contribution in [0.4, 0.5) is 0 Å². The van der Waals surface area contributed by atoms with E-state index in [2.05, 4.69) is 0 Å². The van der Waals surface area contributed by atoms with E-state index in [1.807, 2.05) is 30.0 Å². The van der Waals surface area contributed by atoms with Gasteiger partial charge >= 0.3 is 5.97 Å². The Morgan fingerprint density at radius 2 is 2.27 bits per heavy atom. The molecule has 0 radical (unpaired) electrons. The van der Waals surface area contributed by atoms with Crippen molar-refractivity contribution in [3.8, 4) is 5.75 Å². The molecule has 1 aromatic rings. The topological polar surface area (TPSA) is 59.0 Å². The van der Waals surface area contributed by atoms with Gasteiger partial charge in [0.2, 0.25) is 0 Å². The number of carbonyl (C=O) groups excluding carboxylic acids is 1. The first kappa shape index (κ1) is 17.1. The van der Waals surface area contributed by atoms with Crippen LogP contribution in [0.1, 0.15) is 25.3 Å². The highest BCUT2D eigenvalue weighted by Crippen LogP contribution is 2.27. The van der Waals surface area contributed by atoms with E-state index in [-0.39, 0.29) is 5.97 Å². The number of likely N-dealkylation sites (tertiary alicyclic amines) is 1. The molecule has 2 rings (SSSR count). The fraction of sp³-hybridized carbons (Fsp3) is 0.562. The third-order valence-corrected chi connectivity index (χ3v) is 4.14. The van der Waals surface area contributed by atoms with Gasteiger partial charge in [-0.05, 0) is 37.5 Å². The van der Waals surface area contributed by atoms with Crippen LogP contribution in [0.2, 0.25) is 5.02 Å². The first-order chi connectivity index (χ1) is 10.5. The molecular weight excluding hydrogens is 306 g/mol. The average molecular weight is 328 g/mol. The lowest BCUT2D eigenvalue weighted by atomic mass is 9.98. The highest BCUT2D eigenvalue weighted by Gasteiger charge is 2.33. The number of nitrogens with zero attached hydrogens (tertiary/aromatic N) is 1. The van der Waals surface area contributed by atoms with Crippen molar-refractivity contribution in [2.75, 3.05) is 20.3 Å². The molecule has 0 unspecified atom stereocenters. The van der Waals surface area contributed by atoms with Crippen molar-refractivity contribution < 1.29 is 19.4 Å². The smallest absolute Gasteiger partial charge is 0.323 e. The minimum atomic E-state index is -0.454. The van der Waals surface area contributed by atoms with Crippen molar-refractivity contribution in [2.24, 2.45) is 0 Å². The van der Waals surface area contributed by atoms with E-state index in [4.69, 9.17) is 21.1 Å². The van der Waals surface area contributed by atoms with E-state index in [0.29, 0.717) is 43.3 Å². The van der Waals surface area contributed by atoms with Gasteiger partial charge in [-0.2, -0.15) is 0 Å². The molecule has 0 amide bonds. The zero-order valence-electron chi connectivity index (χ0n) is 12.9. The summed E-state index contributed by atoms with van der Waals surface area (Å²) < 4.78 is 10.3. The van der Waals surface area contributed by atoms with Gasteiger partial charge in [-0.1, -0.05) is 17.7 Å². The summed E-state index contributed by atoms with van der Waals surface area (Å²) in [5, 5.41) is 10.3. The van der Waals surface area contributed by atoms with E-state index in [0.717, 1.165) is 5.56 Å². The second-order valence-corrected chi connectivity index (χ2v) is 5.79. The number of hydrogen-bond donors (Lipinski definition) is 1. The minimum absolute atomic E-state index is 0.309. The number of hydrogen-bond acceptors (Lipinski definition) is 5. The van der Waals surface area contributed by atoms with Crippen LogP contribution < -0.4 is 4.74 Å². The molecule has 1 fully saturated rings. The third kappa shape index (κ3) is 4.12. The average Bonchev–Trinajstić information content (AvgIpc) is 2.51. The Kier molecular flexibility index (Phi) is 6.06. The second-order valence-electron chi connectivity index (χ2n) is 5.39. The molecule has 1 aliphatic rings. The zero-order valence-corrected chi connectivity index (χ0v) is 13.7. The summed E-state index contributed by atoms with van der Waals surface area (Å²) in [5.74, 6) is 0.349. The molecule has 0 spiro atoms. The lowest BCUT2D eigenvalue weighted by Crippen LogP contribution is -2.48. The number of aliphatic hydroxyl groups excluding tert-OH is 1. The molecule has 5 nitrogen and oxygen atoms in total. The summed E-state index contributed by atoms with van der Waals surface area (Å²) in [7, 11) is 1.37. The standard InChI is InChI=1S/C16H22ClNO4/c1-3-22-15-5-4-11(8-13(15)17)10-18-7-6-12(19)9-14(18)16(20)21-2/h4-5,8,12,14,19H,3,6-7,9-10H2,1-2H3/t12-,14+/m0/s1. The predicted molar refractivity (Wildman–Crippen MR) is 84.1 cm³/mol. The SMILES string of the molecule is CCOc1ccc(CN2CC[C@H](O)C[C@@H]2C(=O)OC)cc1Cl. The zero-order chi connectivity index (χ0) is 16.1. The van der Waals surface area contributed by atoms with Gasteiger partial charge in [-0.3, -0.25) is 9.69 Å². The number of ether oxygens (including phenoxy) is 2. The number of esters is 1. The molecule has 6 heteroatoms. The van der Waals surface area contributed by atoms with E-state index in [1.54, 1.807) is 0 Å². The van der Waals surface area contributed by atoms with Crippen molar-refractivity contribution in [3.63, 3.8) is 0 Å². The fourth-order valence-corrected chi connectivity index (χ4v) is 2.97. The molecule has 1 aliphatic heterocycles. The Morgan fingerprint density at radius 1 is 1.50 bits per heavy atom. The molecule has 2 atom stereocenters. The number of benzene rings is 1. The van der Waals surface area contributed by atoms with E-state index < -0.39 is 12.1 Å². The molecule has 1 N–H and O–H groups in total. The van der Waals surface area contributed by atoms with Crippen molar-refractivity contribution in [1.82, 2.24) is 4.90 Å². The van der Waals surface area contributed by atoms with Crippen LogP contribution in [0.3, 0.4) is 0 Å². The molecule has 1 heterocycles. The van der Waals surface area contributed by atoms with E-state index in [1.165, 1.54) is 7.11 Å². The first-order valence-electron chi connectivity index (χ1n) is 7.46. The third-order valence-electron chi connectivity index (χ3n) is 3.84. The molecule has 122 valence electrons.